The molecule has 0 unspecified atom stereocenters. The van der Waals surface area contributed by atoms with Crippen LogP contribution in [0.1, 0.15) is 5.56 Å². The van der Waals surface area contributed by atoms with Crippen molar-refractivity contribution in [3.8, 4) is 0 Å². The second-order valence-corrected chi connectivity index (χ2v) is 6.71. The van der Waals surface area contributed by atoms with Crippen LogP contribution in [0.3, 0.4) is 0 Å². The first-order valence-corrected chi connectivity index (χ1v) is 8.41. The average Bonchev–Trinajstić information content (AvgIpc) is 2.82. The van der Waals surface area contributed by atoms with Gasteiger partial charge in [0.2, 0.25) is 10.0 Å². The molecule has 0 aliphatic carbocycles. The molecule has 7 nitrogen and oxygen atoms in total. The zero-order valence-corrected chi connectivity index (χ0v) is 12.9. The fourth-order valence-corrected chi connectivity index (χ4v) is 3.19. The van der Waals surface area contributed by atoms with Gasteiger partial charge in [0.05, 0.1) is 18.6 Å². The number of carbonyl (C=O) groups is 1. The Morgan fingerprint density at radius 1 is 1.43 bits per heavy atom. The summed E-state index contributed by atoms with van der Waals surface area (Å²) in [7, 11) is -1.68. The quantitative estimate of drug-likeness (QED) is 0.786. The monoisotopic (exact) mass is 313 g/mol. The van der Waals surface area contributed by atoms with E-state index in [1.165, 1.54) is 10.6 Å². The van der Waals surface area contributed by atoms with Crippen molar-refractivity contribution in [2.45, 2.75) is 6.42 Å². The van der Waals surface area contributed by atoms with Gasteiger partial charge in [0, 0.05) is 25.9 Å². The Kier molecular flexibility index (Phi) is 4.69. The number of methoxy groups -OCH3 is 1. The summed E-state index contributed by atoms with van der Waals surface area (Å²) in [5.41, 5.74) is 2.23. The lowest BCUT2D eigenvalue weighted by atomic mass is 10.1. The van der Waals surface area contributed by atoms with Crippen LogP contribution in [0.25, 0.3) is 0 Å². The molecule has 2 N–H and O–H groups in total. The van der Waals surface area contributed by atoms with Crippen LogP contribution in [0, 0.1) is 0 Å². The van der Waals surface area contributed by atoms with Crippen LogP contribution in [-0.2, 0) is 21.2 Å². The van der Waals surface area contributed by atoms with Gasteiger partial charge >= 0.3 is 6.03 Å². The Morgan fingerprint density at radius 3 is 2.86 bits per heavy atom. The fourth-order valence-electron chi connectivity index (χ4n) is 2.24. The predicted octanol–water partition coefficient (Wildman–Crippen LogP) is 0.777. The predicted molar refractivity (Wildman–Crippen MR) is 81.2 cm³/mol. The van der Waals surface area contributed by atoms with Gasteiger partial charge in [0.1, 0.15) is 0 Å². The third kappa shape index (κ3) is 3.85. The van der Waals surface area contributed by atoms with Gasteiger partial charge in [-0.25, -0.2) is 13.2 Å². The molecule has 1 aromatic carbocycles. The van der Waals surface area contributed by atoms with E-state index in [1.807, 2.05) is 0 Å². The molecule has 2 rings (SSSR count). The van der Waals surface area contributed by atoms with E-state index in [0.29, 0.717) is 37.5 Å². The van der Waals surface area contributed by atoms with Crippen LogP contribution in [-0.4, -0.2) is 47.5 Å². The summed E-state index contributed by atoms with van der Waals surface area (Å²) in [4.78, 5) is 11.6. The van der Waals surface area contributed by atoms with Gasteiger partial charge in [0.25, 0.3) is 0 Å². The largest absolute Gasteiger partial charge is 0.383 e. The molecule has 1 aliphatic heterocycles. The molecule has 0 atom stereocenters. The highest BCUT2D eigenvalue weighted by atomic mass is 32.2. The lowest BCUT2D eigenvalue weighted by molar-refractivity contribution is 0.198. The minimum Gasteiger partial charge on any atom is -0.383 e. The zero-order valence-electron chi connectivity index (χ0n) is 12.0. The van der Waals surface area contributed by atoms with Gasteiger partial charge in [-0.1, -0.05) is 0 Å². The number of sulfonamides is 1. The molecule has 2 amide bonds. The number of urea groups is 1. The number of hydrogen-bond donors (Lipinski definition) is 2. The molecule has 1 heterocycles. The number of fused-ring (bicyclic) bond motifs is 1. The van der Waals surface area contributed by atoms with Crippen molar-refractivity contribution >= 4 is 27.4 Å². The molecule has 0 aromatic heterocycles. The van der Waals surface area contributed by atoms with Crippen molar-refractivity contribution < 1.29 is 17.9 Å². The van der Waals surface area contributed by atoms with Gasteiger partial charge < -0.3 is 15.4 Å². The van der Waals surface area contributed by atoms with Crippen LogP contribution < -0.4 is 14.9 Å². The van der Waals surface area contributed by atoms with Crippen molar-refractivity contribution in [1.82, 2.24) is 5.32 Å². The second-order valence-electron chi connectivity index (χ2n) is 4.80. The topological polar surface area (TPSA) is 87.7 Å². The summed E-state index contributed by atoms with van der Waals surface area (Å²) >= 11 is 0. The Labute approximate surface area is 124 Å². The highest BCUT2D eigenvalue weighted by Crippen LogP contribution is 2.31. The van der Waals surface area contributed by atoms with Gasteiger partial charge in [-0.3, -0.25) is 4.31 Å². The number of ether oxygens (including phenoxy) is 1. The third-order valence-corrected chi connectivity index (χ3v) is 4.36. The highest BCUT2D eigenvalue weighted by Gasteiger charge is 2.26. The fraction of sp³-hybridized carbons (Fsp3) is 0.462. The number of carbonyl (C=O) groups excluding carboxylic acids is 1. The third-order valence-electron chi connectivity index (χ3n) is 3.18. The maximum atomic E-state index is 11.6. The SMILES string of the molecule is COCCNC(=O)Nc1ccc2c(c1)CCN2S(C)(=O)=O. The van der Waals surface area contributed by atoms with E-state index in [9.17, 15) is 13.2 Å². The molecule has 0 radical (unpaired) electrons. The molecule has 0 saturated carbocycles. The van der Waals surface area contributed by atoms with Crippen molar-refractivity contribution in [3.63, 3.8) is 0 Å². The number of hydrogen-bond acceptors (Lipinski definition) is 4. The van der Waals surface area contributed by atoms with Crippen LogP contribution >= 0.6 is 0 Å². The normalized spacial score (nSPS) is 13.9. The zero-order chi connectivity index (χ0) is 15.5. The standard InChI is InChI=1S/C13H19N3O4S/c1-20-8-6-14-13(17)15-11-3-4-12-10(9-11)5-7-16(12)21(2,18)19/h3-4,9H,5-8H2,1-2H3,(H2,14,15,17). The minimum absolute atomic E-state index is 0.315. The Balaban J connectivity index is 2.04. The van der Waals surface area contributed by atoms with Gasteiger partial charge in [-0.15, -0.1) is 0 Å². The van der Waals surface area contributed by atoms with Crippen molar-refractivity contribution in [1.29, 1.82) is 0 Å². The molecular formula is C13H19N3O4S. The second kappa shape index (κ2) is 6.31. The molecule has 0 bridgehead atoms. The van der Waals surface area contributed by atoms with Gasteiger partial charge in [-0.2, -0.15) is 0 Å². The van der Waals surface area contributed by atoms with Crippen LogP contribution in [0.15, 0.2) is 18.2 Å². The van der Waals surface area contributed by atoms with Crippen LogP contribution in [0.4, 0.5) is 16.2 Å². The molecule has 116 valence electrons. The van der Waals surface area contributed by atoms with E-state index >= 15 is 0 Å². The van der Waals surface area contributed by atoms with Crippen molar-refractivity contribution in [3.05, 3.63) is 23.8 Å². The van der Waals surface area contributed by atoms with E-state index in [4.69, 9.17) is 4.74 Å². The van der Waals surface area contributed by atoms with E-state index in [0.717, 1.165) is 5.56 Å². The molecule has 0 spiro atoms. The highest BCUT2D eigenvalue weighted by molar-refractivity contribution is 7.92. The average molecular weight is 313 g/mol. The summed E-state index contributed by atoms with van der Waals surface area (Å²) < 4.78 is 29.5. The van der Waals surface area contributed by atoms with Gasteiger partial charge in [-0.05, 0) is 30.2 Å². The smallest absolute Gasteiger partial charge is 0.319 e. The molecular weight excluding hydrogens is 294 g/mol. The summed E-state index contributed by atoms with van der Waals surface area (Å²) in [6.07, 6.45) is 1.83. The number of nitrogens with one attached hydrogen (secondary N) is 2. The Bertz CT molecular complexity index is 630. The summed E-state index contributed by atoms with van der Waals surface area (Å²) in [5.74, 6) is 0. The number of benzene rings is 1. The van der Waals surface area contributed by atoms with E-state index in [2.05, 4.69) is 10.6 Å². The lowest BCUT2D eigenvalue weighted by Crippen LogP contribution is -2.31. The Morgan fingerprint density at radius 2 is 2.19 bits per heavy atom. The van der Waals surface area contributed by atoms with Gasteiger partial charge in [0.15, 0.2) is 0 Å². The number of amides is 2. The van der Waals surface area contributed by atoms with Crippen LogP contribution in [0.5, 0.6) is 0 Å². The Hall–Kier alpha value is -1.80. The van der Waals surface area contributed by atoms with E-state index in [-0.39, 0.29) is 6.03 Å². The van der Waals surface area contributed by atoms with Crippen LogP contribution in [0.2, 0.25) is 0 Å². The first-order valence-electron chi connectivity index (χ1n) is 6.56. The summed E-state index contributed by atoms with van der Waals surface area (Å²) in [5, 5.41) is 5.36. The van der Waals surface area contributed by atoms with Crippen molar-refractivity contribution in [2.75, 3.05) is 42.7 Å². The number of nitrogens with zero attached hydrogens (tertiary/aromatic N) is 1. The first kappa shape index (κ1) is 15.6. The van der Waals surface area contributed by atoms with E-state index in [1.54, 1.807) is 25.3 Å². The number of anilines is 2. The molecule has 1 aliphatic rings. The molecule has 8 heteroatoms. The van der Waals surface area contributed by atoms with Crippen molar-refractivity contribution in [2.24, 2.45) is 0 Å². The molecule has 21 heavy (non-hydrogen) atoms. The molecule has 0 saturated heterocycles. The molecule has 1 aromatic rings. The first-order chi connectivity index (χ1) is 9.91. The molecule has 0 fully saturated rings. The summed E-state index contributed by atoms with van der Waals surface area (Å²) in [6, 6.07) is 4.90. The summed E-state index contributed by atoms with van der Waals surface area (Å²) in [6.45, 7) is 1.31. The van der Waals surface area contributed by atoms with E-state index < -0.39 is 10.0 Å². The lowest BCUT2D eigenvalue weighted by Gasteiger charge is -2.16. The number of rotatable bonds is 5. The minimum atomic E-state index is -3.25. The maximum absolute atomic E-state index is 11.6. The maximum Gasteiger partial charge on any atom is 0.319 e.